The van der Waals surface area contributed by atoms with E-state index in [2.05, 4.69) is 24.9 Å². The summed E-state index contributed by atoms with van der Waals surface area (Å²) in [6.07, 6.45) is 2.40. The molecule has 0 saturated heterocycles. The van der Waals surface area contributed by atoms with Crippen LogP contribution in [0, 0.1) is 11.3 Å². The van der Waals surface area contributed by atoms with E-state index in [0.29, 0.717) is 16.4 Å². The van der Waals surface area contributed by atoms with Gasteiger partial charge in [-0.1, -0.05) is 13.8 Å². The summed E-state index contributed by atoms with van der Waals surface area (Å²) in [6.45, 7) is 4.14. The van der Waals surface area contributed by atoms with Crippen molar-refractivity contribution in [2.45, 2.75) is 24.0 Å². The first-order chi connectivity index (χ1) is 8.65. The number of aromatic nitrogens is 1. The molecule has 0 bridgehead atoms. The second-order valence-electron chi connectivity index (χ2n) is 4.17. The van der Waals surface area contributed by atoms with Crippen LogP contribution in [0.3, 0.4) is 0 Å². The summed E-state index contributed by atoms with van der Waals surface area (Å²) >= 11 is 1.62. The lowest BCUT2D eigenvalue weighted by Gasteiger charge is -2.10. The average Bonchev–Trinajstić information content (AvgIpc) is 2.38. The molecule has 0 spiro atoms. The summed E-state index contributed by atoms with van der Waals surface area (Å²) in [5, 5.41) is 10.4. The molecule has 0 fully saturated rings. The molecule has 2 rings (SSSR count). The molecule has 0 aliphatic heterocycles. The molecule has 1 heterocycles. The Morgan fingerprint density at radius 2 is 2.22 bits per heavy atom. The molecule has 0 amide bonds. The van der Waals surface area contributed by atoms with E-state index in [-0.39, 0.29) is 0 Å². The molecule has 18 heavy (non-hydrogen) atoms. The Morgan fingerprint density at radius 1 is 1.44 bits per heavy atom. The van der Waals surface area contributed by atoms with Gasteiger partial charge < -0.3 is 0 Å². The zero-order valence-electron chi connectivity index (χ0n) is 10.2. The van der Waals surface area contributed by atoms with Crippen molar-refractivity contribution >= 4 is 29.0 Å². The molecule has 1 aromatic heterocycles. The van der Waals surface area contributed by atoms with Crippen molar-refractivity contribution < 1.29 is 4.79 Å². The summed E-state index contributed by atoms with van der Waals surface area (Å²) in [5.41, 5.74) is 1.97. The van der Waals surface area contributed by atoms with Gasteiger partial charge in [-0.05, 0) is 18.2 Å². The van der Waals surface area contributed by atoms with Gasteiger partial charge in [0.25, 0.3) is 0 Å². The van der Waals surface area contributed by atoms with Crippen LogP contribution < -0.4 is 0 Å². The molecule has 0 atom stereocenters. The van der Waals surface area contributed by atoms with Gasteiger partial charge in [0.05, 0.1) is 11.1 Å². The number of benzene rings is 1. The normalized spacial score (nSPS) is 10.6. The van der Waals surface area contributed by atoms with Crippen molar-refractivity contribution in [3.05, 3.63) is 35.5 Å². The van der Waals surface area contributed by atoms with Crippen LogP contribution >= 0.6 is 11.8 Å². The molecule has 0 aliphatic rings. The maximum absolute atomic E-state index is 10.8. The molecule has 3 nitrogen and oxygen atoms in total. The van der Waals surface area contributed by atoms with Crippen LogP contribution in [-0.2, 0) is 0 Å². The smallest absolute Gasteiger partial charge is 0.150 e. The average molecular weight is 256 g/mol. The number of hydrogen-bond donors (Lipinski definition) is 0. The fourth-order valence-electron chi connectivity index (χ4n) is 1.70. The van der Waals surface area contributed by atoms with E-state index in [0.717, 1.165) is 22.1 Å². The topological polar surface area (TPSA) is 53.8 Å². The van der Waals surface area contributed by atoms with E-state index in [4.69, 9.17) is 5.26 Å². The Kier molecular flexibility index (Phi) is 3.63. The van der Waals surface area contributed by atoms with Gasteiger partial charge in [-0.2, -0.15) is 5.26 Å². The monoisotopic (exact) mass is 256 g/mol. The molecule has 2 aromatic rings. The minimum absolute atomic E-state index is 0.364. The van der Waals surface area contributed by atoms with Crippen molar-refractivity contribution in [2.75, 3.05) is 0 Å². The molecule has 1 aromatic carbocycles. The molecular weight excluding hydrogens is 244 g/mol. The Bertz CT molecular complexity index is 644. The lowest BCUT2D eigenvalue weighted by molar-refractivity contribution is 0.112. The highest BCUT2D eigenvalue weighted by atomic mass is 32.2. The highest BCUT2D eigenvalue weighted by Gasteiger charge is 2.11. The number of rotatable bonds is 3. The SMILES string of the molecule is CC(C)Sc1c(C#N)cnc2ccc(C=O)cc12. The third-order valence-electron chi connectivity index (χ3n) is 2.45. The first-order valence-corrected chi connectivity index (χ1v) is 6.48. The minimum Gasteiger partial charge on any atom is -0.298 e. The van der Waals surface area contributed by atoms with E-state index in [1.807, 2.05) is 6.07 Å². The molecule has 90 valence electrons. The van der Waals surface area contributed by atoms with E-state index in [1.54, 1.807) is 30.1 Å². The van der Waals surface area contributed by atoms with Gasteiger partial charge in [0, 0.05) is 27.3 Å². The van der Waals surface area contributed by atoms with Crippen molar-refractivity contribution in [3.8, 4) is 6.07 Å². The maximum Gasteiger partial charge on any atom is 0.150 e. The zero-order valence-corrected chi connectivity index (χ0v) is 11.0. The lowest BCUT2D eigenvalue weighted by atomic mass is 10.1. The third-order valence-corrected chi connectivity index (χ3v) is 3.60. The number of hydrogen-bond acceptors (Lipinski definition) is 4. The summed E-state index contributed by atoms with van der Waals surface area (Å²) in [6, 6.07) is 7.50. The number of carbonyl (C=O) groups is 1. The molecular formula is C14H12N2OS. The molecule has 0 aliphatic carbocycles. The quantitative estimate of drug-likeness (QED) is 0.623. The van der Waals surface area contributed by atoms with Crippen molar-refractivity contribution in [1.29, 1.82) is 5.26 Å². The van der Waals surface area contributed by atoms with Crippen molar-refractivity contribution in [3.63, 3.8) is 0 Å². The highest BCUT2D eigenvalue weighted by Crippen LogP contribution is 2.33. The van der Waals surface area contributed by atoms with E-state index >= 15 is 0 Å². The lowest BCUT2D eigenvalue weighted by Crippen LogP contribution is -1.94. The summed E-state index contributed by atoms with van der Waals surface area (Å²) < 4.78 is 0. The first kappa shape index (κ1) is 12.6. The Hall–Kier alpha value is -1.86. The summed E-state index contributed by atoms with van der Waals surface area (Å²) in [5.74, 6) is 0. The van der Waals surface area contributed by atoms with Gasteiger partial charge in [0.1, 0.15) is 12.4 Å². The minimum atomic E-state index is 0.364. The zero-order chi connectivity index (χ0) is 13.1. The maximum atomic E-state index is 10.8. The van der Waals surface area contributed by atoms with Gasteiger partial charge in [0.2, 0.25) is 0 Å². The summed E-state index contributed by atoms with van der Waals surface area (Å²) in [4.78, 5) is 16.0. The fourth-order valence-corrected chi connectivity index (χ4v) is 2.69. The second kappa shape index (κ2) is 5.19. The number of aldehydes is 1. The van der Waals surface area contributed by atoms with Gasteiger partial charge in [-0.25, -0.2) is 0 Å². The largest absolute Gasteiger partial charge is 0.298 e. The van der Waals surface area contributed by atoms with Gasteiger partial charge >= 0.3 is 0 Å². The Morgan fingerprint density at radius 3 is 2.83 bits per heavy atom. The van der Waals surface area contributed by atoms with Crippen LogP contribution in [0.4, 0.5) is 0 Å². The van der Waals surface area contributed by atoms with Crippen LogP contribution in [-0.4, -0.2) is 16.5 Å². The van der Waals surface area contributed by atoms with E-state index in [1.165, 1.54) is 0 Å². The number of thioether (sulfide) groups is 1. The highest BCUT2D eigenvalue weighted by molar-refractivity contribution is 8.00. The van der Waals surface area contributed by atoms with Crippen LogP contribution in [0.2, 0.25) is 0 Å². The standard InChI is InChI=1S/C14H12N2OS/c1-9(2)18-14-11(6-15)7-16-13-4-3-10(8-17)5-12(13)14/h3-5,7-9H,1-2H3. The predicted molar refractivity (Wildman–Crippen MR) is 72.8 cm³/mol. The van der Waals surface area contributed by atoms with Crippen LogP contribution in [0.5, 0.6) is 0 Å². The fraction of sp³-hybridized carbons (Fsp3) is 0.214. The first-order valence-electron chi connectivity index (χ1n) is 5.60. The van der Waals surface area contributed by atoms with Gasteiger partial charge in [0.15, 0.2) is 0 Å². The Balaban J connectivity index is 2.74. The molecule has 4 heteroatoms. The van der Waals surface area contributed by atoms with Crippen molar-refractivity contribution in [1.82, 2.24) is 4.98 Å². The number of carbonyl (C=O) groups excluding carboxylic acids is 1. The van der Waals surface area contributed by atoms with Crippen LogP contribution in [0.25, 0.3) is 10.9 Å². The number of fused-ring (bicyclic) bond motifs is 1. The van der Waals surface area contributed by atoms with E-state index < -0.39 is 0 Å². The summed E-state index contributed by atoms with van der Waals surface area (Å²) in [7, 11) is 0. The number of nitriles is 1. The van der Waals surface area contributed by atoms with Crippen LogP contribution in [0.1, 0.15) is 29.8 Å². The second-order valence-corrected chi connectivity index (χ2v) is 5.76. The van der Waals surface area contributed by atoms with Crippen molar-refractivity contribution in [2.24, 2.45) is 0 Å². The van der Waals surface area contributed by atoms with Gasteiger partial charge in [-0.15, -0.1) is 11.8 Å². The molecule has 0 saturated carbocycles. The number of pyridine rings is 1. The third kappa shape index (κ3) is 2.36. The van der Waals surface area contributed by atoms with Gasteiger partial charge in [-0.3, -0.25) is 9.78 Å². The number of nitrogens with zero attached hydrogens (tertiary/aromatic N) is 2. The van der Waals surface area contributed by atoms with E-state index in [9.17, 15) is 4.79 Å². The Labute approximate surface area is 110 Å². The molecule has 0 unspecified atom stereocenters. The molecule has 0 radical (unpaired) electrons. The molecule has 0 N–H and O–H groups in total. The van der Waals surface area contributed by atoms with Crippen LogP contribution in [0.15, 0.2) is 29.3 Å². The predicted octanol–water partition coefficient (Wildman–Crippen LogP) is 3.42.